The van der Waals surface area contributed by atoms with Gasteiger partial charge in [-0.15, -0.1) is 0 Å². The van der Waals surface area contributed by atoms with Gasteiger partial charge in [-0.2, -0.15) is 0 Å². The summed E-state index contributed by atoms with van der Waals surface area (Å²) >= 11 is 0. The minimum atomic E-state index is -4.36. The van der Waals surface area contributed by atoms with E-state index in [4.69, 9.17) is 14.8 Å². The topological polar surface area (TPSA) is 131 Å². The number of rotatable bonds is 47. The molecule has 0 saturated carbocycles. The number of hydrogen-bond donors (Lipinski definition) is 4. The third kappa shape index (κ3) is 47.5. The van der Waals surface area contributed by atoms with Gasteiger partial charge in [-0.1, -0.05) is 227 Å². The molecule has 0 rings (SSSR count). The van der Waals surface area contributed by atoms with E-state index in [-0.39, 0.29) is 25.7 Å². The molecule has 1 amide bonds. The van der Waals surface area contributed by atoms with Crippen LogP contribution in [0, 0.1) is 0 Å². The summed E-state index contributed by atoms with van der Waals surface area (Å²) in [7, 11) is -4.36. The van der Waals surface area contributed by atoms with Crippen molar-refractivity contribution in [2.45, 2.75) is 231 Å². The Balaban J connectivity index is 4.19. The lowest BCUT2D eigenvalue weighted by atomic mass is 10.0. The number of hydrogen-bond acceptors (Lipinski definition) is 6. The van der Waals surface area contributed by atoms with Gasteiger partial charge in [0.2, 0.25) is 5.91 Å². The smallest absolute Gasteiger partial charge is 0.387 e. The standard InChI is InChI=1S/C54H97N2O6P/c1-3-5-7-9-11-13-15-17-19-21-23-25-26-28-30-32-34-36-38-40-42-44-46-48-54(58)56-52(51-62-63(59,60)61-50-49-55)53(57)47-45-43-41-39-37-35-33-31-29-27-24-22-20-18-16-14-12-10-8-6-4-2/h5,7,11,13,17,19,23,25,28,30,34,36,45,47,52-53,57H,3-4,6,8-10,12,14-16,18,20-22,24,26-27,29,31-33,35,37-44,46,48-51,55H2,1-2H3,(H,56,58)(H,59,60)/b7-5-,13-11-,19-17-,25-23-,30-28-,36-34-,47-45+. The number of allylic oxidation sites excluding steroid dienone is 13. The molecule has 3 unspecified atom stereocenters. The Morgan fingerprint density at radius 2 is 0.921 bits per heavy atom. The third-order valence-corrected chi connectivity index (χ3v) is 12.0. The first-order valence-electron chi connectivity index (χ1n) is 25.7. The van der Waals surface area contributed by atoms with Gasteiger partial charge in [0.1, 0.15) is 0 Å². The number of nitrogens with one attached hydrogen (secondary N) is 1. The third-order valence-electron chi connectivity index (χ3n) is 11.0. The molecule has 8 nitrogen and oxygen atoms in total. The number of aliphatic hydroxyl groups is 1. The van der Waals surface area contributed by atoms with Crippen molar-refractivity contribution in [1.29, 1.82) is 0 Å². The zero-order chi connectivity index (χ0) is 46.0. The van der Waals surface area contributed by atoms with Crippen molar-refractivity contribution in [2.24, 2.45) is 5.73 Å². The fourth-order valence-corrected chi connectivity index (χ4v) is 7.90. The van der Waals surface area contributed by atoms with Crippen molar-refractivity contribution < 1.29 is 28.4 Å². The zero-order valence-corrected chi connectivity index (χ0v) is 41.4. The van der Waals surface area contributed by atoms with Gasteiger partial charge in [0, 0.05) is 13.0 Å². The minimum Gasteiger partial charge on any atom is -0.387 e. The summed E-state index contributed by atoms with van der Waals surface area (Å²) in [6.45, 7) is 4.01. The van der Waals surface area contributed by atoms with Gasteiger partial charge >= 0.3 is 7.82 Å². The van der Waals surface area contributed by atoms with Crippen molar-refractivity contribution >= 4 is 13.7 Å². The second kappa shape index (κ2) is 49.1. The molecule has 364 valence electrons. The normalized spacial score (nSPS) is 14.6. The van der Waals surface area contributed by atoms with Gasteiger partial charge in [0.15, 0.2) is 0 Å². The zero-order valence-electron chi connectivity index (χ0n) is 40.5. The number of amides is 1. The molecule has 0 aliphatic rings. The Bertz CT molecular complexity index is 1260. The molecule has 0 aromatic rings. The number of nitrogens with two attached hydrogens (primary N) is 1. The molecule has 0 aromatic carbocycles. The van der Waals surface area contributed by atoms with Gasteiger partial charge in [0.05, 0.1) is 25.4 Å². The summed E-state index contributed by atoms with van der Waals surface area (Å²) in [5.41, 5.74) is 5.39. The Hall–Kier alpha value is -2.32. The lowest BCUT2D eigenvalue weighted by molar-refractivity contribution is -0.123. The average molecular weight is 901 g/mol. The van der Waals surface area contributed by atoms with Crippen LogP contribution < -0.4 is 11.1 Å². The molecule has 0 saturated heterocycles. The molecule has 5 N–H and O–H groups in total. The first-order valence-corrected chi connectivity index (χ1v) is 27.2. The van der Waals surface area contributed by atoms with Crippen LogP contribution in [0.3, 0.4) is 0 Å². The highest BCUT2D eigenvalue weighted by molar-refractivity contribution is 7.47. The van der Waals surface area contributed by atoms with E-state index >= 15 is 0 Å². The predicted molar refractivity (Wildman–Crippen MR) is 272 cm³/mol. The second-order valence-corrected chi connectivity index (χ2v) is 18.5. The minimum absolute atomic E-state index is 0.0697. The summed E-state index contributed by atoms with van der Waals surface area (Å²) in [5, 5.41) is 13.7. The molecule has 0 heterocycles. The fraction of sp³-hybridized carbons (Fsp3) is 0.722. The van der Waals surface area contributed by atoms with Crippen LogP contribution in [-0.4, -0.2) is 47.8 Å². The second-order valence-electron chi connectivity index (χ2n) is 17.0. The number of phosphoric acid groups is 1. The largest absolute Gasteiger partial charge is 0.472 e. The lowest BCUT2D eigenvalue weighted by Crippen LogP contribution is -2.45. The van der Waals surface area contributed by atoms with E-state index in [9.17, 15) is 19.4 Å². The Kier molecular flexibility index (Phi) is 47.3. The molecule has 0 bridgehead atoms. The van der Waals surface area contributed by atoms with Gasteiger partial charge in [-0.05, 0) is 70.6 Å². The van der Waals surface area contributed by atoms with E-state index < -0.39 is 20.0 Å². The van der Waals surface area contributed by atoms with Crippen LogP contribution in [0.15, 0.2) is 85.1 Å². The molecule has 3 atom stereocenters. The first kappa shape index (κ1) is 60.7. The van der Waals surface area contributed by atoms with Gasteiger partial charge < -0.3 is 21.1 Å². The van der Waals surface area contributed by atoms with Crippen LogP contribution in [0.2, 0.25) is 0 Å². The number of unbranched alkanes of at least 4 members (excludes halogenated alkanes) is 23. The van der Waals surface area contributed by atoms with Crippen LogP contribution in [0.1, 0.15) is 219 Å². The molecule has 9 heteroatoms. The number of aliphatic hydroxyl groups excluding tert-OH is 1. The van der Waals surface area contributed by atoms with Crippen LogP contribution in [0.4, 0.5) is 0 Å². The maximum atomic E-state index is 12.8. The lowest BCUT2D eigenvalue weighted by Gasteiger charge is -2.23. The molecule has 0 aromatic heterocycles. The van der Waals surface area contributed by atoms with Gasteiger partial charge in [-0.3, -0.25) is 13.8 Å². The summed E-state index contributed by atoms with van der Waals surface area (Å²) in [5.74, 6) is -0.220. The van der Waals surface area contributed by atoms with E-state index in [1.54, 1.807) is 6.08 Å². The summed E-state index contributed by atoms with van der Waals surface area (Å²) < 4.78 is 22.2. The highest BCUT2D eigenvalue weighted by atomic mass is 31.2. The molecule has 63 heavy (non-hydrogen) atoms. The van der Waals surface area contributed by atoms with Crippen LogP contribution in [0.5, 0.6) is 0 Å². The SMILES string of the molecule is CC/C=C\C/C=C\C/C=C\C/C=C\C/C=C\C/C=C\CCCCCCC(=O)NC(COP(=O)(O)OCCN)C(O)/C=C/CCCCCCCCCCCCCCCCCCCCC. The number of phosphoric ester groups is 1. The molecule has 0 fully saturated rings. The average Bonchev–Trinajstić information content (AvgIpc) is 3.27. The van der Waals surface area contributed by atoms with Crippen molar-refractivity contribution in [3.63, 3.8) is 0 Å². The highest BCUT2D eigenvalue weighted by Gasteiger charge is 2.26. The molecule has 0 radical (unpaired) electrons. The fourth-order valence-electron chi connectivity index (χ4n) is 7.14. The highest BCUT2D eigenvalue weighted by Crippen LogP contribution is 2.43. The molecule has 0 aliphatic carbocycles. The molecular weight excluding hydrogens is 804 g/mol. The van der Waals surface area contributed by atoms with Crippen molar-refractivity contribution in [2.75, 3.05) is 19.8 Å². The monoisotopic (exact) mass is 901 g/mol. The maximum absolute atomic E-state index is 12.8. The van der Waals surface area contributed by atoms with E-state index in [2.05, 4.69) is 92.1 Å². The maximum Gasteiger partial charge on any atom is 0.472 e. The van der Waals surface area contributed by atoms with E-state index in [1.807, 2.05) is 6.08 Å². The number of carbonyl (C=O) groups excluding carboxylic acids is 1. The number of carbonyl (C=O) groups is 1. The van der Waals surface area contributed by atoms with Crippen molar-refractivity contribution in [1.82, 2.24) is 5.32 Å². The van der Waals surface area contributed by atoms with E-state index in [0.29, 0.717) is 6.42 Å². The predicted octanol–water partition coefficient (Wildman–Crippen LogP) is 15.3. The van der Waals surface area contributed by atoms with Crippen molar-refractivity contribution in [3.05, 3.63) is 85.1 Å². The summed E-state index contributed by atoms with van der Waals surface area (Å²) in [6, 6.07) is -0.881. The summed E-state index contributed by atoms with van der Waals surface area (Å²) in [4.78, 5) is 22.8. The summed E-state index contributed by atoms with van der Waals surface area (Å²) in [6.07, 6.45) is 66.4. The Morgan fingerprint density at radius 1 is 0.540 bits per heavy atom. The first-order chi connectivity index (χ1) is 30.9. The van der Waals surface area contributed by atoms with E-state index in [1.165, 1.54) is 109 Å². The Morgan fingerprint density at radius 3 is 1.35 bits per heavy atom. The van der Waals surface area contributed by atoms with Gasteiger partial charge in [0.25, 0.3) is 0 Å². The van der Waals surface area contributed by atoms with Crippen LogP contribution >= 0.6 is 7.82 Å². The quantitative estimate of drug-likeness (QED) is 0.0272. The molecular formula is C54H97N2O6P. The van der Waals surface area contributed by atoms with E-state index in [0.717, 1.165) is 89.9 Å². The molecule has 0 aliphatic heterocycles. The van der Waals surface area contributed by atoms with Crippen LogP contribution in [-0.2, 0) is 18.4 Å². The van der Waals surface area contributed by atoms with Crippen molar-refractivity contribution in [3.8, 4) is 0 Å². The Labute approximate surface area is 388 Å². The van der Waals surface area contributed by atoms with Crippen LogP contribution in [0.25, 0.3) is 0 Å². The van der Waals surface area contributed by atoms with Gasteiger partial charge in [-0.25, -0.2) is 4.57 Å². The molecule has 0 spiro atoms.